The first-order chi connectivity index (χ1) is 7.20. The predicted octanol–water partition coefficient (Wildman–Crippen LogP) is 1.16. The number of hydrogen-bond donors (Lipinski definition) is 3. The lowest BCUT2D eigenvalue weighted by molar-refractivity contribution is 1.04. The molecule has 1 aromatic carbocycles. The number of nitrogens with two attached hydrogens (primary N) is 1. The van der Waals surface area contributed by atoms with Crippen LogP contribution in [0.3, 0.4) is 0 Å². The first-order valence-corrected chi connectivity index (χ1v) is 5.35. The fourth-order valence-electron chi connectivity index (χ4n) is 1.23. The molecule has 0 saturated carbocycles. The van der Waals surface area contributed by atoms with E-state index in [1.54, 1.807) is 0 Å². The highest BCUT2D eigenvalue weighted by atomic mass is 32.1. The van der Waals surface area contributed by atoms with E-state index in [1.165, 1.54) is 11.7 Å². The Balaban J connectivity index is 2.41. The Morgan fingerprint density at radius 1 is 1.40 bits per heavy atom. The summed E-state index contributed by atoms with van der Waals surface area (Å²) in [5.74, 6) is 5.18. The summed E-state index contributed by atoms with van der Waals surface area (Å²) in [5, 5.41) is 3.35. The number of aromatic nitrogens is 2. The molecule has 2 aromatic rings. The van der Waals surface area contributed by atoms with Crippen molar-refractivity contribution >= 4 is 45.8 Å². The lowest BCUT2D eigenvalue weighted by Gasteiger charge is -2.09. The molecule has 0 aliphatic heterocycles. The molecule has 0 unspecified atom stereocenters. The van der Waals surface area contributed by atoms with Crippen molar-refractivity contribution in [1.82, 2.24) is 14.2 Å². The van der Waals surface area contributed by atoms with Gasteiger partial charge in [0.05, 0.1) is 11.7 Å². The SMILES string of the molecule is Cc1cc2nsnc2cc1NC(=S)NN. The van der Waals surface area contributed by atoms with Gasteiger partial charge in [-0.1, -0.05) is 0 Å². The highest BCUT2D eigenvalue weighted by Gasteiger charge is 2.05. The molecular weight excluding hydrogens is 230 g/mol. The molecule has 78 valence electrons. The lowest BCUT2D eigenvalue weighted by atomic mass is 10.2. The molecule has 1 heterocycles. The maximum Gasteiger partial charge on any atom is 0.185 e. The van der Waals surface area contributed by atoms with Crippen molar-refractivity contribution in [2.75, 3.05) is 5.32 Å². The minimum Gasteiger partial charge on any atom is -0.331 e. The molecule has 0 bridgehead atoms. The molecule has 0 radical (unpaired) electrons. The van der Waals surface area contributed by atoms with Crippen molar-refractivity contribution in [3.05, 3.63) is 17.7 Å². The van der Waals surface area contributed by atoms with Crippen molar-refractivity contribution in [3.8, 4) is 0 Å². The zero-order valence-electron chi connectivity index (χ0n) is 7.94. The number of anilines is 1. The van der Waals surface area contributed by atoms with Gasteiger partial charge in [-0.25, -0.2) is 5.84 Å². The number of benzene rings is 1. The summed E-state index contributed by atoms with van der Waals surface area (Å²) in [6.45, 7) is 1.97. The Hall–Kier alpha value is -1.31. The molecule has 0 aliphatic rings. The second-order valence-corrected chi connectivity index (χ2v) is 3.96. The molecule has 4 N–H and O–H groups in total. The summed E-state index contributed by atoms with van der Waals surface area (Å²) in [5.41, 5.74) is 6.06. The largest absolute Gasteiger partial charge is 0.331 e. The second kappa shape index (κ2) is 4.05. The fraction of sp³-hybridized carbons (Fsp3) is 0.125. The third-order valence-corrected chi connectivity index (χ3v) is 2.76. The number of rotatable bonds is 1. The van der Waals surface area contributed by atoms with E-state index in [1.807, 2.05) is 19.1 Å². The van der Waals surface area contributed by atoms with Gasteiger partial charge in [-0.3, -0.25) is 0 Å². The molecule has 0 atom stereocenters. The molecule has 0 aliphatic carbocycles. The van der Waals surface area contributed by atoms with Gasteiger partial charge in [-0.2, -0.15) is 8.75 Å². The van der Waals surface area contributed by atoms with Crippen molar-refractivity contribution < 1.29 is 0 Å². The lowest BCUT2D eigenvalue weighted by Crippen LogP contribution is -2.34. The minimum absolute atomic E-state index is 0.376. The quantitative estimate of drug-likeness (QED) is 0.394. The van der Waals surface area contributed by atoms with Gasteiger partial charge in [0, 0.05) is 5.69 Å². The van der Waals surface area contributed by atoms with Gasteiger partial charge in [0.1, 0.15) is 11.0 Å². The number of nitrogens with one attached hydrogen (secondary N) is 2. The van der Waals surface area contributed by atoms with Gasteiger partial charge in [0.15, 0.2) is 5.11 Å². The van der Waals surface area contributed by atoms with Crippen molar-refractivity contribution in [2.24, 2.45) is 5.84 Å². The van der Waals surface area contributed by atoms with Gasteiger partial charge in [0.2, 0.25) is 0 Å². The zero-order chi connectivity index (χ0) is 10.8. The molecule has 15 heavy (non-hydrogen) atoms. The molecule has 0 fully saturated rings. The van der Waals surface area contributed by atoms with Crippen LogP contribution in [0.25, 0.3) is 11.0 Å². The van der Waals surface area contributed by atoms with Crippen LogP contribution >= 0.6 is 23.9 Å². The van der Waals surface area contributed by atoms with Crippen molar-refractivity contribution in [1.29, 1.82) is 0 Å². The second-order valence-electron chi connectivity index (χ2n) is 3.02. The van der Waals surface area contributed by atoms with E-state index in [0.717, 1.165) is 22.3 Å². The van der Waals surface area contributed by atoms with E-state index in [-0.39, 0.29) is 0 Å². The van der Waals surface area contributed by atoms with E-state index in [4.69, 9.17) is 18.1 Å². The Bertz CT molecular complexity index is 507. The molecule has 7 heteroatoms. The van der Waals surface area contributed by atoms with E-state index in [2.05, 4.69) is 19.5 Å². The third-order valence-electron chi connectivity index (χ3n) is 1.98. The zero-order valence-corrected chi connectivity index (χ0v) is 9.58. The van der Waals surface area contributed by atoms with E-state index in [0.29, 0.717) is 5.11 Å². The molecule has 2 rings (SSSR count). The summed E-state index contributed by atoms with van der Waals surface area (Å²) in [4.78, 5) is 0. The highest BCUT2D eigenvalue weighted by molar-refractivity contribution is 7.80. The molecular formula is C8H9N5S2. The van der Waals surface area contributed by atoms with Crippen LogP contribution in [0.2, 0.25) is 0 Å². The molecule has 1 aromatic heterocycles. The van der Waals surface area contributed by atoms with Crippen molar-refractivity contribution in [2.45, 2.75) is 6.92 Å². The first-order valence-electron chi connectivity index (χ1n) is 4.21. The van der Waals surface area contributed by atoms with Crippen LogP contribution in [-0.2, 0) is 0 Å². The van der Waals surface area contributed by atoms with Crippen LogP contribution in [0, 0.1) is 6.92 Å². The van der Waals surface area contributed by atoms with Crippen molar-refractivity contribution in [3.63, 3.8) is 0 Å². The molecule has 0 amide bonds. The average Bonchev–Trinajstić information content (AvgIpc) is 2.65. The van der Waals surface area contributed by atoms with Gasteiger partial charge in [-0.15, -0.1) is 0 Å². The Labute approximate surface area is 96.0 Å². The highest BCUT2D eigenvalue weighted by Crippen LogP contribution is 2.21. The summed E-state index contributed by atoms with van der Waals surface area (Å²) in [6, 6.07) is 3.86. The Kier molecular flexibility index (Phi) is 2.76. The number of nitrogens with zero attached hydrogens (tertiary/aromatic N) is 2. The number of thiocarbonyl (C=S) groups is 1. The predicted molar refractivity (Wildman–Crippen MR) is 65.7 cm³/mol. The average molecular weight is 239 g/mol. The van der Waals surface area contributed by atoms with Crippen LogP contribution in [0.1, 0.15) is 5.56 Å². The number of aryl methyl sites for hydroxylation is 1. The first kappa shape index (κ1) is 10.2. The van der Waals surface area contributed by atoms with Crippen LogP contribution in [0.4, 0.5) is 5.69 Å². The summed E-state index contributed by atoms with van der Waals surface area (Å²) >= 11 is 6.11. The summed E-state index contributed by atoms with van der Waals surface area (Å²) in [7, 11) is 0. The van der Waals surface area contributed by atoms with Gasteiger partial charge < -0.3 is 10.7 Å². The molecule has 0 saturated heterocycles. The summed E-state index contributed by atoms with van der Waals surface area (Å²) < 4.78 is 8.30. The van der Waals surface area contributed by atoms with E-state index < -0.39 is 0 Å². The maximum absolute atomic E-state index is 5.18. The van der Waals surface area contributed by atoms with E-state index >= 15 is 0 Å². The fourth-order valence-corrected chi connectivity index (χ4v) is 1.85. The standard InChI is InChI=1S/C8H9N5S2/c1-4-2-6-7(13-15-12-6)3-5(4)10-8(14)11-9/h2-3H,9H2,1H3,(H2,10,11,14). The van der Waals surface area contributed by atoms with Gasteiger partial charge >= 0.3 is 0 Å². The minimum atomic E-state index is 0.376. The Morgan fingerprint density at radius 3 is 2.73 bits per heavy atom. The number of fused-ring (bicyclic) bond motifs is 1. The normalized spacial score (nSPS) is 10.3. The molecule has 5 nitrogen and oxygen atoms in total. The van der Waals surface area contributed by atoms with Gasteiger partial charge in [-0.05, 0) is 36.8 Å². The smallest absolute Gasteiger partial charge is 0.185 e. The maximum atomic E-state index is 5.18. The van der Waals surface area contributed by atoms with Gasteiger partial charge in [0.25, 0.3) is 0 Å². The number of hydrogen-bond acceptors (Lipinski definition) is 5. The summed E-state index contributed by atoms with van der Waals surface area (Å²) in [6.07, 6.45) is 0. The number of hydrazine groups is 1. The van der Waals surface area contributed by atoms with Crippen LogP contribution in [0.15, 0.2) is 12.1 Å². The van der Waals surface area contributed by atoms with E-state index in [9.17, 15) is 0 Å². The van der Waals surface area contributed by atoms with Crippen LogP contribution in [0.5, 0.6) is 0 Å². The molecule has 0 spiro atoms. The van der Waals surface area contributed by atoms with Crippen LogP contribution in [-0.4, -0.2) is 13.9 Å². The van der Waals surface area contributed by atoms with Crippen LogP contribution < -0.4 is 16.6 Å². The monoisotopic (exact) mass is 239 g/mol. The Morgan fingerprint density at radius 2 is 2.07 bits per heavy atom. The topological polar surface area (TPSA) is 75.9 Å². The third kappa shape index (κ3) is 2.04.